The monoisotopic (exact) mass is 503 g/mol. The number of esters is 1. The maximum atomic E-state index is 13.4. The normalized spacial score (nSPS) is 11.0. The lowest BCUT2D eigenvalue weighted by Crippen LogP contribution is -2.05. The maximum Gasteiger partial charge on any atom is 0.341 e. The number of halogens is 3. The van der Waals surface area contributed by atoms with E-state index in [1.54, 1.807) is 13.0 Å². The Labute approximate surface area is 203 Å². The van der Waals surface area contributed by atoms with E-state index in [4.69, 9.17) is 25.8 Å². The number of rotatable bonds is 8. The Kier molecular flexibility index (Phi) is 7.29. The number of thiophene rings is 1. The third kappa shape index (κ3) is 5.29. The predicted molar refractivity (Wildman–Crippen MR) is 127 cm³/mol. The van der Waals surface area contributed by atoms with Gasteiger partial charge in [-0.2, -0.15) is 0 Å². The quantitative estimate of drug-likeness (QED) is 0.194. The molecule has 4 rings (SSSR count). The van der Waals surface area contributed by atoms with E-state index >= 15 is 0 Å². The number of fused-ring (bicyclic) bond motifs is 1. The highest BCUT2D eigenvalue weighted by Gasteiger charge is 2.19. The van der Waals surface area contributed by atoms with Crippen molar-refractivity contribution in [3.05, 3.63) is 87.0 Å². The first-order valence-corrected chi connectivity index (χ1v) is 11.6. The fraction of sp³-hybridized carbons (Fsp3) is 0.200. The van der Waals surface area contributed by atoms with E-state index in [9.17, 15) is 13.6 Å². The minimum Gasteiger partial charge on any atom is -0.489 e. The Morgan fingerprint density at radius 2 is 1.79 bits per heavy atom. The van der Waals surface area contributed by atoms with E-state index in [1.165, 1.54) is 23.6 Å². The van der Waals surface area contributed by atoms with Gasteiger partial charge in [-0.1, -0.05) is 17.7 Å². The second kappa shape index (κ2) is 10.4. The standard InChI is InChI=1S/C25H20ClF2NO4S/c1-3-31-25(30)19-10-29-24(26)22-16(13-34-23(19)22)12-33-18-7-14(2)6-17(9-18)32-11-15-4-5-20(27)21(28)8-15/h4-10,13H,3,11-12H2,1-2H3. The number of aryl methyl sites for hydroxylation is 1. The van der Waals surface area contributed by atoms with Crippen molar-refractivity contribution in [1.82, 2.24) is 4.98 Å². The first-order valence-electron chi connectivity index (χ1n) is 10.4. The zero-order valence-corrected chi connectivity index (χ0v) is 19.9. The number of benzene rings is 2. The fourth-order valence-electron chi connectivity index (χ4n) is 3.36. The lowest BCUT2D eigenvalue weighted by atomic mass is 10.1. The summed E-state index contributed by atoms with van der Waals surface area (Å²) in [6, 6.07) is 9.02. The molecule has 0 saturated carbocycles. The molecule has 0 bridgehead atoms. The lowest BCUT2D eigenvalue weighted by molar-refractivity contribution is 0.0528. The second-order valence-electron chi connectivity index (χ2n) is 7.46. The van der Waals surface area contributed by atoms with Crippen LogP contribution in [0.2, 0.25) is 5.15 Å². The van der Waals surface area contributed by atoms with Crippen molar-refractivity contribution in [2.75, 3.05) is 6.61 Å². The van der Waals surface area contributed by atoms with Crippen molar-refractivity contribution < 1.29 is 27.8 Å². The van der Waals surface area contributed by atoms with Crippen LogP contribution in [0, 0.1) is 18.6 Å². The summed E-state index contributed by atoms with van der Waals surface area (Å²) >= 11 is 7.70. The van der Waals surface area contributed by atoms with Gasteiger partial charge in [-0.05, 0) is 54.6 Å². The van der Waals surface area contributed by atoms with Gasteiger partial charge >= 0.3 is 5.97 Å². The number of hydrogen-bond donors (Lipinski definition) is 0. The molecule has 5 nitrogen and oxygen atoms in total. The van der Waals surface area contributed by atoms with Crippen molar-refractivity contribution in [1.29, 1.82) is 0 Å². The number of ether oxygens (including phenoxy) is 3. The molecule has 2 aromatic carbocycles. The van der Waals surface area contributed by atoms with Crippen LogP contribution in [0.15, 0.2) is 48.0 Å². The molecule has 0 fully saturated rings. The van der Waals surface area contributed by atoms with Crippen LogP contribution in [0.25, 0.3) is 10.1 Å². The summed E-state index contributed by atoms with van der Waals surface area (Å²) in [5, 5.41) is 2.81. The van der Waals surface area contributed by atoms with Gasteiger partial charge in [-0.25, -0.2) is 18.6 Å². The number of nitrogens with zero attached hydrogens (tertiary/aromatic N) is 1. The molecule has 0 spiro atoms. The van der Waals surface area contributed by atoms with Crippen molar-refractivity contribution >= 4 is 39.0 Å². The molecule has 0 aliphatic heterocycles. The molecule has 0 radical (unpaired) electrons. The van der Waals surface area contributed by atoms with E-state index in [-0.39, 0.29) is 25.0 Å². The molecule has 0 N–H and O–H groups in total. The van der Waals surface area contributed by atoms with Gasteiger partial charge in [0.15, 0.2) is 11.6 Å². The molecule has 0 atom stereocenters. The summed E-state index contributed by atoms with van der Waals surface area (Å²) in [5.41, 5.74) is 2.56. The van der Waals surface area contributed by atoms with Gasteiger partial charge in [0.2, 0.25) is 0 Å². The minimum absolute atomic E-state index is 0.0766. The van der Waals surface area contributed by atoms with Crippen LogP contribution in [0.1, 0.15) is 34.0 Å². The highest BCUT2D eigenvalue weighted by atomic mass is 35.5. The fourth-order valence-corrected chi connectivity index (χ4v) is 4.74. The van der Waals surface area contributed by atoms with Crippen LogP contribution >= 0.6 is 22.9 Å². The summed E-state index contributed by atoms with van der Waals surface area (Å²) in [6.07, 6.45) is 1.42. The molecular formula is C25H20ClF2NO4S. The van der Waals surface area contributed by atoms with Crippen LogP contribution in [-0.2, 0) is 18.0 Å². The largest absolute Gasteiger partial charge is 0.489 e. The number of hydrogen-bond acceptors (Lipinski definition) is 6. The second-order valence-corrected chi connectivity index (χ2v) is 8.69. The Morgan fingerprint density at radius 1 is 1.06 bits per heavy atom. The van der Waals surface area contributed by atoms with Gasteiger partial charge in [0.05, 0.1) is 16.9 Å². The minimum atomic E-state index is -0.920. The molecule has 0 unspecified atom stereocenters. The Hall–Kier alpha value is -3.23. The summed E-state index contributed by atoms with van der Waals surface area (Å²) < 4.78 is 44.1. The SMILES string of the molecule is CCOC(=O)c1cnc(Cl)c2c(COc3cc(C)cc(OCc4ccc(F)c(F)c4)c3)csc12. The molecule has 0 aliphatic carbocycles. The third-order valence-electron chi connectivity index (χ3n) is 4.93. The predicted octanol–water partition coefficient (Wildman–Crippen LogP) is 6.87. The first-order chi connectivity index (χ1) is 16.4. The lowest BCUT2D eigenvalue weighted by Gasteiger charge is -2.12. The number of aromatic nitrogens is 1. The maximum absolute atomic E-state index is 13.4. The van der Waals surface area contributed by atoms with Gasteiger partial charge in [0, 0.05) is 23.2 Å². The van der Waals surface area contributed by atoms with E-state index in [0.717, 1.165) is 23.3 Å². The molecule has 2 heterocycles. The molecule has 34 heavy (non-hydrogen) atoms. The van der Waals surface area contributed by atoms with Crippen LogP contribution in [0.5, 0.6) is 11.5 Å². The highest BCUT2D eigenvalue weighted by molar-refractivity contribution is 7.17. The zero-order valence-electron chi connectivity index (χ0n) is 18.4. The van der Waals surface area contributed by atoms with Crippen molar-refractivity contribution in [3.63, 3.8) is 0 Å². The number of carbonyl (C=O) groups excluding carboxylic acids is 1. The van der Waals surface area contributed by atoms with Crippen LogP contribution < -0.4 is 9.47 Å². The highest BCUT2D eigenvalue weighted by Crippen LogP contribution is 2.35. The summed E-state index contributed by atoms with van der Waals surface area (Å²) in [6.45, 7) is 4.17. The average Bonchev–Trinajstić information content (AvgIpc) is 3.23. The van der Waals surface area contributed by atoms with E-state index in [2.05, 4.69) is 4.98 Å². The Bertz CT molecular complexity index is 1360. The molecule has 4 aromatic rings. The molecule has 0 aliphatic rings. The van der Waals surface area contributed by atoms with Gasteiger partial charge in [-0.15, -0.1) is 11.3 Å². The van der Waals surface area contributed by atoms with E-state index < -0.39 is 17.6 Å². The molecule has 176 valence electrons. The van der Waals surface area contributed by atoms with Crippen LogP contribution in [0.3, 0.4) is 0 Å². The average molecular weight is 504 g/mol. The van der Waals surface area contributed by atoms with Gasteiger partial charge < -0.3 is 14.2 Å². The van der Waals surface area contributed by atoms with Crippen LogP contribution in [0.4, 0.5) is 8.78 Å². The third-order valence-corrected chi connectivity index (χ3v) is 6.28. The summed E-state index contributed by atoms with van der Waals surface area (Å²) in [7, 11) is 0. The van der Waals surface area contributed by atoms with Crippen LogP contribution in [-0.4, -0.2) is 17.6 Å². The van der Waals surface area contributed by atoms with Crippen molar-refractivity contribution in [3.8, 4) is 11.5 Å². The summed E-state index contributed by atoms with van der Waals surface area (Å²) in [5.74, 6) is -1.19. The van der Waals surface area contributed by atoms with E-state index in [1.807, 2.05) is 24.4 Å². The van der Waals surface area contributed by atoms with Crippen molar-refractivity contribution in [2.24, 2.45) is 0 Å². The topological polar surface area (TPSA) is 57.7 Å². The van der Waals surface area contributed by atoms with Gasteiger partial charge in [0.1, 0.15) is 29.9 Å². The van der Waals surface area contributed by atoms with Crippen molar-refractivity contribution in [2.45, 2.75) is 27.1 Å². The van der Waals surface area contributed by atoms with E-state index in [0.29, 0.717) is 32.7 Å². The Balaban J connectivity index is 1.50. The molecule has 2 aromatic heterocycles. The molecule has 0 saturated heterocycles. The zero-order chi connectivity index (χ0) is 24.2. The molecule has 0 amide bonds. The Morgan fingerprint density at radius 3 is 2.50 bits per heavy atom. The summed E-state index contributed by atoms with van der Waals surface area (Å²) in [4.78, 5) is 16.4. The molecular weight excluding hydrogens is 484 g/mol. The smallest absolute Gasteiger partial charge is 0.341 e. The first kappa shape index (κ1) is 23.9. The number of carbonyl (C=O) groups is 1. The molecule has 9 heteroatoms. The van der Waals surface area contributed by atoms with Gasteiger partial charge in [-0.3, -0.25) is 0 Å². The van der Waals surface area contributed by atoms with Gasteiger partial charge in [0.25, 0.3) is 0 Å². The number of pyridine rings is 1.